The van der Waals surface area contributed by atoms with E-state index in [2.05, 4.69) is 40.1 Å². The van der Waals surface area contributed by atoms with E-state index in [0.29, 0.717) is 5.54 Å². The fourth-order valence-electron chi connectivity index (χ4n) is 2.46. The highest BCUT2D eigenvalue weighted by Crippen LogP contribution is 2.29. The summed E-state index contributed by atoms with van der Waals surface area (Å²) in [7, 11) is 2.10. The summed E-state index contributed by atoms with van der Waals surface area (Å²) < 4.78 is 0. The summed E-state index contributed by atoms with van der Waals surface area (Å²) >= 11 is 0. The molecule has 0 heterocycles. The first kappa shape index (κ1) is 12.0. The first-order valence-corrected chi connectivity index (χ1v) is 5.39. The van der Waals surface area contributed by atoms with E-state index < -0.39 is 0 Å². The van der Waals surface area contributed by atoms with Crippen molar-refractivity contribution in [3.8, 4) is 0 Å². The molecule has 1 nitrogen and oxygen atoms in total. The van der Waals surface area contributed by atoms with Crippen LogP contribution in [-0.2, 0) is 0 Å². The van der Waals surface area contributed by atoms with Crippen LogP contribution in [0.5, 0.6) is 0 Å². The Balaban J connectivity index is 4.42. The van der Waals surface area contributed by atoms with Crippen molar-refractivity contribution in [3.05, 3.63) is 0 Å². The van der Waals surface area contributed by atoms with Gasteiger partial charge in [-0.2, -0.15) is 0 Å². The summed E-state index contributed by atoms with van der Waals surface area (Å²) in [5, 5.41) is 3.52. The highest BCUT2D eigenvalue weighted by molar-refractivity contribution is 4.89. The fourth-order valence-corrected chi connectivity index (χ4v) is 2.46. The second kappa shape index (κ2) is 5.58. The molecular weight excluding hydrogens is 146 g/mol. The van der Waals surface area contributed by atoms with Gasteiger partial charge in [0.15, 0.2) is 0 Å². The van der Waals surface area contributed by atoms with Crippen LogP contribution in [0.25, 0.3) is 0 Å². The van der Waals surface area contributed by atoms with Crippen LogP contribution in [0.2, 0.25) is 0 Å². The second-order valence-electron chi connectivity index (χ2n) is 3.63. The van der Waals surface area contributed by atoms with Gasteiger partial charge in [0.2, 0.25) is 0 Å². The van der Waals surface area contributed by atoms with Crippen molar-refractivity contribution in [2.24, 2.45) is 5.92 Å². The van der Waals surface area contributed by atoms with E-state index in [-0.39, 0.29) is 0 Å². The lowest BCUT2D eigenvalue weighted by atomic mass is 9.76. The van der Waals surface area contributed by atoms with Crippen molar-refractivity contribution in [3.63, 3.8) is 0 Å². The molecule has 74 valence electrons. The quantitative estimate of drug-likeness (QED) is 0.647. The molecule has 0 atom stereocenters. The lowest BCUT2D eigenvalue weighted by Gasteiger charge is -2.39. The van der Waals surface area contributed by atoms with Crippen LogP contribution < -0.4 is 5.32 Å². The van der Waals surface area contributed by atoms with Gasteiger partial charge in [0.1, 0.15) is 0 Å². The summed E-state index contributed by atoms with van der Waals surface area (Å²) in [6.45, 7) is 9.17. The van der Waals surface area contributed by atoms with Gasteiger partial charge in [-0.05, 0) is 25.8 Å². The van der Waals surface area contributed by atoms with Gasteiger partial charge in [0.05, 0.1) is 0 Å². The Morgan fingerprint density at radius 3 is 1.50 bits per heavy atom. The Morgan fingerprint density at radius 1 is 1.00 bits per heavy atom. The predicted molar refractivity (Wildman–Crippen MR) is 56.4 cm³/mol. The van der Waals surface area contributed by atoms with Gasteiger partial charge >= 0.3 is 0 Å². The van der Waals surface area contributed by atoms with Gasteiger partial charge in [-0.3, -0.25) is 0 Å². The van der Waals surface area contributed by atoms with E-state index in [1.165, 1.54) is 25.7 Å². The smallest absolute Gasteiger partial charge is 0.0201 e. The molecule has 0 rings (SSSR count). The summed E-state index contributed by atoms with van der Waals surface area (Å²) in [6.07, 6.45) is 5.07. The maximum absolute atomic E-state index is 3.52. The molecule has 0 radical (unpaired) electrons. The van der Waals surface area contributed by atoms with Crippen molar-refractivity contribution < 1.29 is 0 Å². The molecule has 0 spiro atoms. The van der Waals surface area contributed by atoms with Crippen molar-refractivity contribution in [1.29, 1.82) is 0 Å². The van der Waals surface area contributed by atoms with E-state index in [0.717, 1.165) is 5.92 Å². The molecule has 0 saturated carbocycles. The Labute approximate surface area is 77.9 Å². The van der Waals surface area contributed by atoms with Crippen molar-refractivity contribution in [2.45, 2.75) is 58.9 Å². The molecule has 0 aromatic heterocycles. The molecule has 0 unspecified atom stereocenters. The van der Waals surface area contributed by atoms with E-state index in [1.54, 1.807) is 0 Å². The van der Waals surface area contributed by atoms with Crippen LogP contribution >= 0.6 is 0 Å². The largest absolute Gasteiger partial charge is 0.314 e. The Morgan fingerprint density at radius 2 is 1.42 bits per heavy atom. The zero-order valence-electron chi connectivity index (χ0n) is 9.41. The van der Waals surface area contributed by atoms with Gasteiger partial charge in [-0.15, -0.1) is 0 Å². The van der Waals surface area contributed by atoms with Gasteiger partial charge in [0, 0.05) is 5.54 Å². The minimum Gasteiger partial charge on any atom is -0.314 e. The van der Waals surface area contributed by atoms with Crippen LogP contribution in [-0.4, -0.2) is 12.6 Å². The van der Waals surface area contributed by atoms with Crippen LogP contribution in [0.15, 0.2) is 0 Å². The zero-order chi connectivity index (χ0) is 9.61. The van der Waals surface area contributed by atoms with Crippen LogP contribution in [0.3, 0.4) is 0 Å². The Kier molecular flexibility index (Phi) is 5.56. The normalized spacial score (nSPS) is 12.5. The maximum atomic E-state index is 3.52. The molecule has 0 aromatic carbocycles. The lowest BCUT2D eigenvalue weighted by Crippen LogP contribution is -2.48. The van der Waals surface area contributed by atoms with Gasteiger partial charge in [-0.25, -0.2) is 0 Å². The molecule has 12 heavy (non-hydrogen) atoms. The van der Waals surface area contributed by atoms with E-state index in [1.807, 2.05) is 0 Å². The molecule has 0 saturated heterocycles. The lowest BCUT2D eigenvalue weighted by molar-refractivity contribution is 0.192. The third-order valence-corrected chi connectivity index (χ3v) is 3.53. The first-order chi connectivity index (χ1) is 5.70. The van der Waals surface area contributed by atoms with Crippen molar-refractivity contribution >= 4 is 0 Å². The SMILES string of the molecule is CCC(CC)C(CC)(CC)NC. The fraction of sp³-hybridized carbons (Fsp3) is 1.00. The standard InChI is InChI=1S/C11H25N/c1-6-10(7-2)11(8-3,9-4)12-5/h10,12H,6-9H2,1-5H3. The average Bonchev–Trinajstić information content (AvgIpc) is 2.14. The van der Waals surface area contributed by atoms with Gasteiger partial charge < -0.3 is 5.32 Å². The van der Waals surface area contributed by atoms with Crippen molar-refractivity contribution in [2.75, 3.05) is 7.05 Å². The number of rotatable bonds is 6. The summed E-state index contributed by atoms with van der Waals surface area (Å²) in [6, 6.07) is 0. The van der Waals surface area contributed by atoms with Gasteiger partial charge in [-0.1, -0.05) is 40.5 Å². The predicted octanol–water partition coefficient (Wildman–Crippen LogP) is 3.20. The number of hydrogen-bond acceptors (Lipinski definition) is 1. The number of hydrogen-bond donors (Lipinski definition) is 1. The molecule has 0 amide bonds. The van der Waals surface area contributed by atoms with E-state index in [4.69, 9.17) is 0 Å². The Bertz CT molecular complexity index is 93.3. The minimum absolute atomic E-state index is 0.392. The van der Waals surface area contributed by atoms with Crippen molar-refractivity contribution in [1.82, 2.24) is 5.32 Å². The molecule has 0 aromatic rings. The van der Waals surface area contributed by atoms with E-state index >= 15 is 0 Å². The van der Waals surface area contributed by atoms with Crippen LogP contribution in [0.4, 0.5) is 0 Å². The van der Waals surface area contributed by atoms with Crippen LogP contribution in [0, 0.1) is 5.92 Å². The molecule has 1 N–H and O–H groups in total. The summed E-state index contributed by atoms with van der Waals surface area (Å²) in [5.41, 5.74) is 0.392. The summed E-state index contributed by atoms with van der Waals surface area (Å²) in [4.78, 5) is 0. The maximum Gasteiger partial charge on any atom is 0.0201 e. The molecule has 0 aliphatic carbocycles. The average molecular weight is 171 g/mol. The first-order valence-electron chi connectivity index (χ1n) is 5.39. The van der Waals surface area contributed by atoms with Crippen LogP contribution in [0.1, 0.15) is 53.4 Å². The molecule has 0 bridgehead atoms. The minimum atomic E-state index is 0.392. The molecule has 1 heteroatoms. The Hall–Kier alpha value is -0.0400. The molecular formula is C11H25N. The monoisotopic (exact) mass is 171 g/mol. The highest BCUT2D eigenvalue weighted by atomic mass is 14.9. The van der Waals surface area contributed by atoms with E-state index in [9.17, 15) is 0 Å². The third kappa shape index (κ3) is 2.22. The number of nitrogens with one attached hydrogen (secondary N) is 1. The second-order valence-corrected chi connectivity index (χ2v) is 3.63. The van der Waals surface area contributed by atoms with Gasteiger partial charge in [0.25, 0.3) is 0 Å². The zero-order valence-corrected chi connectivity index (χ0v) is 9.41. The topological polar surface area (TPSA) is 12.0 Å². The highest BCUT2D eigenvalue weighted by Gasteiger charge is 2.31. The summed E-state index contributed by atoms with van der Waals surface area (Å²) in [5.74, 6) is 0.831. The third-order valence-electron chi connectivity index (χ3n) is 3.53. The molecule has 0 fully saturated rings. The molecule has 0 aliphatic rings. The molecule has 0 aliphatic heterocycles.